The first-order chi connectivity index (χ1) is 22.1. The van der Waals surface area contributed by atoms with Gasteiger partial charge in [0.15, 0.2) is 11.6 Å². The van der Waals surface area contributed by atoms with Gasteiger partial charge in [0, 0.05) is 5.92 Å². The highest BCUT2D eigenvalue weighted by Crippen LogP contribution is 2.47. The van der Waals surface area contributed by atoms with Gasteiger partial charge >= 0.3 is 7.12 Å². The minimum Gasteiger partial charge on any atom is -0.505 e. The summed E-state index contributed by atoms with van der Waals surface area (Å²) in [5.41, 5.74) is 2.90. The van der Waals surface area contributed by atoms with E-state index in [4.69, 9.17) is 4.74 Å². The van der Waals surface area contributed by atoms with Crippen LogP contribution >= 0.6 is 0 Å². The summed E-state index contributed by atoms with van der Waals surface area (Å²) >= 11 is 0. The van der Waals surface area contributed by atoms with Gasteiger partial charge in [-0.2, -0.15) is 0 Å². The molecule has 0 bridgehead atoms. The van der Waals surface area contributed by atoms with Crippen LogP contribution in [0.3, 0.4) is 0 Å². The molecule has 11 heteroatoms. The first-order valence-corrected chi connectivity index (χ1v) is 15.3. The number of benzene rings is 3. The second kappa shape index (κ2) is 14.4. The topological polar surface area (TPSA) is 148 Å². The molecule has 1 fully saturated rings. The number of halogens is 1. The van der Waals surface area contributed by atoms with E-state index in [0.29, 0.717) is 35.3 Å². The lowest BCUT2D eigenvalue weighted by Gasteiger charge is -2.36. The summed E-state index contributed by atoms with van der Waals surface area (Å²) < 4.78 is 20.0. The molecule has 3 aromatic rings. The average Bonchev–Trinajstić information content (AvgIpc) is 3.31. The van der Waals surface area contributed by atoms with E-state index in [1.807, 2.05) is 25.1 Å². The Hall–Kier alpha value is -4.29. The van der Waals surface area contributed by atoms with Gasteiger partial charge in [-0.1, -0.05) is 55.0 Å². The van der Waals surface area contributed by atoms with Crippen LogP contribution in [0.1, 0.15) is 38.2 Å². The summed E-state index contributed by atoms with van der Waals surface area (Å²) in [6.07, 6.45) is 2.14. The maximum absolute atomic E-state index is 13.9. The number of aliphatic hydroxyl groups excluding tert-OH is 2. The predicted octanol–water partition coefficient (Wildman–Crippen LogP) is 3.34. The number of imide groups is 1. The van der Waals surface area contributed by atoms with E-state index in [-0.39, 0.29) is 30.6 Å². The summed E-state index contributed by atoms with van der Waals surface area (Å²) in [4.78, 5) is 28.7. The van der Waals surface area contributed by atoms with Gasteiger partial charge in [-0.25, -0.2) is 4.39 Å². The van der Waals surface area contributed by atoms with Crippen molar-refractivity contribution in [3.63, 3.8) is 0 Å². The zero-order valence-corrected chi connectivity index (χ0v) is 25.4. The summed E-state index contributed by atoms with van der Waals surface area (Å²) in [7, 11) is -1.79. The van der Waals surface area contributed by atoms with Crippen molar-refractivity contribution in [3.05, 3.63) is 101 Å². The van der Waals surface area contributed by atoms with E-state index in [9.17, 15) is 39.3 Å². The van der Waals surface area contributed by atoms with Crippen LogP contribution in [0.15, 0.2) is 89.5 Å². The zero-order chi connectivity index (χ0) is 33.0. The van der Waals surface area contributed by atoms with Gasteiger partial charge in [0.2, 0.25) is 11.8 Å². The Bertz CT molecular complexity index is 1640. The molecule has 3 aromatic carbocycles. The highest BCUT2D eigenvalue weighted by atomic mass is 19.1. The molecule has 1 aliphatic heterocycles. The van der Waals surface area contributed by atoms with Gasteiger partial charge in [-0.05, 0) is 84.3 Å². The van der Waals surface area contributed by atoms with Gasteiger partial charge in [-0.15, -0.1) is 0 Å². The van der Waals surface area contributed by atoms with Crippen molar-refractivity contribution in [2.45, 2.75) is 38.7 Å². The van der Waals surface area contributed by atoms with Crippen molar-refractivity contribution in [3.8, 4) is 11.5 Å². The fourth-order valence-electron chi connectivity index (χ4n) is 6.54. The molecular formula is C35H37BFNO8. The predicted molar refractivity (Wildman–Crippen MR) is 171 cm³/mol. The fourth-order valence-corrected chi connectivity index (χ4v) is 6.54. The van der Waals surface area contributed by atoms with Crippen molar-refractivity contribution in [1.82, 2.24) is 0 Å². The van der Waals surface area contributed by atoms with Crippen LogP contribution in [0, 0.1) is 23.6 Å². The van der Waals surface area contributed by atoms with Crippen LogP contribution in [0.25, 0.3) is 6.08 Å². The Balaban J connectivity index is 1.45. The zero-order valence-electron chi connectivity index (χ0n) is 25.4. The second-order valence-corrected chi connectivity index (χ2v) is 11.7. The van der Waals surface area contributed by atoms with E-state index >= 15 is 0 Å². The van der Waals surface area contributed by atoms with Crippen LogP contribution in [0.5, 0.6) is 11.5 Å². The Morgan fingerprint density at radius 2 is 1.83 bits per heavy atom. The number of amides is 2. The maximum atomic E-state index is 13.9. The average molecular weight is 629 g/mol. The quantitative estimate of drug-likeness (QED) is 0.117. The third-order valence-electron chi connectivity index (χ3n) is 8.86. The summed E-state index contributed by atoms with van der Waals surface area (Å²) in [6.45, 7) is 1.48. The smallest absolute Gasteiger partial charge is 0.488 e. The van der Waals surface area contributed by atoms with Gasteiger partial charge in [0.05, 0.1) is 30.2 Å². The number of hydrogen-bond donors (Lipinski definition) is 5. The SMILES string of the molecule is CC/C(=C\c1ccc(O)c(F)c1)CC[C@@H](O)C1=C(COc2ccccc2)C[C@H]2C(=O)N(c3cccc(B(O)O)c3)C(=O)[C@H]2[C@H]1CO. The monoisotopic (exact) mass is 629 g/mol. The molecular weight excluding hydrogens is 592 g/mol. The van der Waals surface area contributed by atoms with E-state index in [2.05, 4.69) is 0 Å². The van der Waals surface area contributed by atoms with Gasteiger partial charge < -0.3 is 30.1 Å². The van der Waals surface area contributed by atoms with Gasteiger partial charge in [0.1, 0.15) is 12.4 Å². The van der Waals surface area contributed by atoms with E-state index in [1.54, 1.807) is 24.3 Å². The number of rotatable bonds is 12. The van der Waals surface area contributed by atoms with Crippen molar-refractivity contribution < 1.29 is 44.1 Å². The second-order valence-electron chi connectivity index (χ2n) is 11.7. The van der Waals surface area contributed by atoms with E-state index in [0.717, 1.165) is 10.5 Å². The number of aromatic hydroxyl groups is 1. The van der Waals surface area contributed by atoms with Crippen LogP contribution in [-0.2, 0) is 9.59 Å². The molecule has 0 unspecified atom stereocenters. The normalized spacial score (nSPS) is 20.6. The summed E-state index contributed by atoms with van der Waals surface area (Å²) in [5.74, 6) is -4.21. The molecule has 2 amide bonds. The Morgan fingerprint density at radius 3 is 2.50 bits per heavy atom. The van der Waals surface area contributed by atoms with Crippen LogP contribution in [-0.4, -0.2) is 63.6 Å². The minimum atomic E-state index is -1.79. The standard InChI is InChI=1S/C35H37BFNO8/c1-2-21(15-22-12-13-30(40)29(37)16-22)11-14-31(41)32-23(20-46-26-9-4-3-5-10-26)17-27-33(28(32)19-39)35(43)38(34(27)42)25-8-6-7-24(18-25)36(44)45/h3-10,12-13,15-16,18,27-28,31,33,39-41,44-45H,2,11,14,17,19-20H2,1H3/b21-15+/t27-,28+,31-,33-/m1/s1. The molecule has 1 heterocycles. The lowest BCUT2D eigenvalue weighted by atomic mass is 9.68. The molecule has 0 saturated carbocycles. The first kappa shape index (κ1) is 33.1. The summed E-state index contributed by atoms with van der Waals surface area (Å²) in [5, 5.41) is 51.2. The van der Waals surface area contributed by atoms with Crippen molar-refractivity contribution >= 4 is 36.2 Å². The van der Waals surface area contributed by atoms with Crippen LogP contribution in [0.4, 0.5) is 10.1 Å². The molecule has 46 heavy (non-hydrogen) atoms. The maximum Gasteiger partial charge on any atom is 0.488 e. The molecule has 1 aliphatic carbocycles. The molecule has 0 spiro atoms. The number of phenolic OH excluding ortho intramolecular Hbond substituents is 1. The largest absolute Gasteiger partial charge is 0.505 e. The Morgan fingerprint density at radius 1 is 1.07 bits per heavy atom. The number of nitrogens with zero attached hydrogens (tertiary/aromatic N) is 1. The number of ether oxygens (including phenoxy) is 1. The molecule has 240 valence electrons. The van der Waals surface area contributed by atoms with Crippen molar-refractivity contribution in [2.24, 2.45) is 17.8 Å². The van der Waals surface area contributed by atoms with Crippen molar-refractivity contribution in [2.75, 3.05) is 18.1 Å². The van der Waals surface area contributed by atoms with Crippen LogP contribution in [0.2, 0.25) is 0 Å². The number of fused-ring (bicyclic) bond motifs is 1. The number of phenols is 1. The highest BCUT2D eigenvalue weighted by Gasteiger charge is 2.55. The Kier molecular flexibility index (Phi) is 10.4. The minimum absolute atomic E-state index is 0.0348. The molecule has 4 atom stereocenters. The molecule has 2 aliphatic rings. The number of para-hydroxylation sites is 1. The molecule has 1 saturated heterocycles. The van der Waals surface area contributed by atoms with Gasteiger partial charge in [0.25, 0.3) is 0 Å². The Labute approximate surface area is 267 Å². The fraction of sp³-hybridized carbons (Fsp3) is 0.314. The molecule has 0 aromatic heterocycles. The molecule has 0 radical (unpaired) electrons. The van der Waals surface area contributed by atoms with E-state index < -0.39 is 61.0 Å². The van der Waals surface area contributed by atoms with E-state index in [1.165, 1.54) is 36.4 Å². The number of allylic oxidation sites excluding steroid dienone is 1. The lowest BCUT2D eigenvalue weighted by molar-refractivity contribution is -0.123. The number of anilines is 1. The van der Waals surface area contributed by atoms with Crippen molar-refractivity contribution in [1.29, 1.82) is 0 Å². The lowest BCUT2D eigenvalue weighted by Crippen LogP contribution is -2.40. The number of aliphatic hydroxyl groups is 2. The number of carbonyl (C=O) groups excluding carboxylic acids is 2. The number of carbonyl (C=O) groups is 2. The van der Waals surface area contributed by atoms with Crippen LogP contribution < -0.4 is 15.1 Å². The van der Waals surface area contributed by atoms with Gasteiger partial charge in [-0.3, -0.25) is 14.5 Å². The molecule has 9 nitrogen and oxygen atoms in total. The molecule has 5 N–H and O–H groups in total. The number of hydrogen-bond acceptors (Lipinski definition) is 8. The summed E-state index contributed by atoms with van der Waals surface area (Å²) in [6, 6.07) is 19.1. The molecule has 5 rings (SSSR count). The third-order valence-corrected chi connectivity index (χ3v) is 8.86. The third kappa shape index (κ3) is 6.92. The highest BCUT2D eigenvalue weighted by molar-refractivity contribution is 6.58. The first-order valence-electron chi connectivity index (χ1n) is 15.3.